The van der Waals surface area contributed by atoms with Crippen LogP contribution in [0.25, 0.3) is 10.9 Å². The molecule has 2 heterocycles. The van der Waals surface area contributed by atoms with Crippen molar-refractivity contribution in [3.8, 4) is 0 Å². The molecule has 6 heteroatoms. The Morgan fingerprint density at radius 2 is 1.69 bits per heavy atom. The van der Waals surface area contributed by atoms with Crippen LogP contribution in [-0.4, -0.2) is 33.2 Å². The third-order valence-corrected chi connectivity index (χ3v) is 4.17. The van der Waals surface area contributed by atoms with Crippen LogP contribution < -0.4 is 5.32 Å². The molecule has 1 aromatic heterocycles. The fourth-order valence-corrected chi connectivity index (χ4v) is 2.81. The van der Waals surface area contributed by atoms with Gasteiger partial charge in [0.05, 0.1) is 5.52 Å². The normalized spacial score (nSPS) is 15.2. The highest BCUT2D eigenvalue weighted by Gasteiger charge is 2.22. The lowest BCUT2D eigenvalue weighted by atomic mass is 9.98. The van der Waals surface area contributed by atoms with Gasteiger partial charge in [0.2, 0.25) is 0 Å². The number of nitrogens with one attached hydrogen (secondary N) is 1. The van der Waals surface area contributed by atoms with E-state index in [0.717, 1.165) is 17.5 Å². The predicted molar refractivity (Wildman–Crippen MR) is 98.5 cm³/mol. The van der Waals surface area contributed by atoms with Crippen molar-refractivity contribution >= 4 is 28.5 Å². The lowest BCUT2D eigenvalue weighted by Crippen LogP contribution is -2.33. The van der Waals surface area contributed by atoms with E-state index in [1.54, 1.807) is 12.1 Å². The number of anilines is 1. The molecule has 26 heavy (non-hydrogen) atoms. The van der Waals surface area contributed by atoms with Gasteiger partial charge in [0.15, 0.2) is 0 Å². The van der Waals surface area contributed by atoms with Crippen LogP contribution in [0.5, 0.6) is 0 Å². The van der Waals surface area contributed by atoms with Gasteiger partial charge in [-0.1, -0.05) is 42.5 Å². The number of benzene rings is 2. The highest BCUT2D eigenvalue weighted by molar-refractivity contribution is 5.89. The number of carbonyl (C=O) groups is 2. The quantitative estimate of drug-likeness (QED) is 0.655. The largest absolute Gasteiger partial charge is 0.480 e. The maximum atomic E-state index is 10.7. The van der Waals surface area contributed by atoms with Crippen LogP contribution in [0.15, 0.2) is 60.7 Å². The van der Waals surface area contributed by atoms with Crippen molar-refractivity contribution < 1.29 is 19.8 Å². The first kappa shape index (κ1) is 17.4. The first-order valence-corrected chi connectivity index (χ1v) is 8.21. The van der Waals surface area contributed by atoms with Crippen molar-refractivity contribution in [1.29, 1.82) is 0 Å². The van der Waals surface area contributed by atoms with E-state index in [0.29, 0.717) is 11.9 Å². The Kier molecular flexibility index (Phi) is 5.12. The van der Waals surface area contributed by atoms with Crippen LogP contribution in [0.3, 0.4) is 0 Å². The van der Waals surface area contributed by atoms with Crippen LogP contribution in [0.1, 0.15) is 22.5 Å². The zero-order chi connectivity index (χ0) is 18.5. The molecule has 0 radical (unpaired) electrons. The molecular formula is C20H18N2O4. The topological polar surface area (TPSA) is 99.5 Å². The summed E-state index contributed by atoms with van der Waals surface area (Å²) in [6, 6.07) is 18.1. The number of aromatic nitrogens is 1. The third-order valence-electron chi connectivity index (χ3n) is 4.17. The van der Waals surface area contributed by atoms with Gasteiger partial charge in [-0.05, 0) is 36.6 Å². The van der Waals surface area contributed by atoms with Gasteiger partial charge >= 0.3 is 11.9 Å². The minimum Gasteiger partial charge on any atom is -0.480 e. The maximum absolute atomic E-state index is 10.7. The predicted octanol–water partition coefficient (Wildman–Crippen LogP) is 3.43. The molecule has 3 N–H and O–H groups in total. The number of aryl methyl sites for hydroxylation is 1. The molecule has 0 aliphatic carbocycles. The summed E-state index contributed by atoms with van der Waals surface area (Å²) >= 11 is 0. The number of carboxylic acids is 2. The Morgan fingerprint density at radius 3 is 2.46 bits per heavy atom. The molecule has 1 unspecified atom stereocenters. The van der Waals surface area contributed by atoms with Crippen LogP contribution in [0, 0.1) is 0 Å². The highest BCUT2D eigenvalue weighted by Crippen LogP contribution is 2.24. The van der Waals surface area contributed by atoms with Gasteiger partial charge in [-0.3, -0.25) is 0 Å². The second kappa shape index (κ2) is 7.65. The van der Waals surface area contributed by atoms with Crippen molar-refractivity contribution in [3.63, 3.8) is 0 Å². The van der Waals surface area contributed by atoms with Gasteiger partial charge in [0.25, 0.3) is 0 Å². The van der Waals surface area contributed by atoms with Crippen LogP contribution in [0.2, 0.25) is 0 Å². The number of pyridine rings is 1. The average molecular weight is 350 g/mol. The summed E-state index contributed by atoms with van der Waals surface area (Å²) in [7, 11) is 0. The molecule has 0 saturated carbocycles. The van der Waals surface area contributed by atoms with Crippen molar-refractivity contribution in [2.24, 2.45) is 0 Å². The van der Waals surface area contributed by atoms with Gasteiger partial charge in [0.1, 0.15) is 11.7 Å². The number of carboxylic acid groups (broad SMARTS) is 2. The number of rotatable bonds is 2. The smallest absolute Gasteiger partial charge is 0.354 e. The van der Waals surface area contributed by atoms with Crippen LogP contribution in [0.4, 0.5) is 5.69 Å². The number of nitrogens with zero attached hydrogens (tertiary/aromatic N) is 1. The Balaban J connectivity index is 0.000000151. The van der Waals surface area contributed by atoms with Gasteiger partial charge in [0, 0.05) is 11.1 Å². The fraction of sp³-hybridized carbons (Fsp3) is 0.150. The molecule has 0 amide bonds. The molecule has 6 nitrogen and oxygen atoms in total. The van der Waals surface area contributed by atoms with Gasteiger partial charge in [-0.25, -0.2) is 14.6 Å². The monoisotopic (exact) mass is 350 g/mol. The number of aliphatic carboxylic acids is 1. The van der Waals surface area contributed by atoms with Gasteiger partial charge in [-0.2, -0.15) is 0 Å². The standard InChI is InChI=1S/C10H11NO2.C10H7NO2/c2*12-10(13)9-6-5-7-3-1-2-4-8(7)11-9/h1-4,9,11H,5-6H2,(H,12,13);1-6H,(H,12,13). The molecule has 0 spiro atoms. The summed E-state index contributed by atoms with van der Waals surface area (Å²) in [6.07, 6.45) is 1.52. The van der Waals surface area contributed by atoms with Gasteiger partial charge in [-0.15, -0.1) is 0 Å². The molecule has 132 valence electrons. The Labute approximate surface area is 150 Å². The zero-order valence-corrected chi connectivity index (χ0v) is 13.9. The Bertz CT molecular complexity index is 955. The molecule has 0 saturated heterocycles. The number of para-hydroxylation sites is 2. The summed E-state index contributed by atoms with van der Waals surface area (Å²) in [4.78, 5) is 25.3. The maximum Gasteiger partial charge on any atom is 0.354 e. The van der Waals surface area contributed by atoms with Crippen LogP contribution >= 0.6 is 0 Å². The summed E-state index contributed by atoms with van der Waals surface area (Å²) in [5.41, 5.74) is 2.96. The van der Waals surface area contributed by atoms with Crippen molar-refractivity contribution in [2.45, 2.75) is 18.9 Å². The summed E-state index contributed by atoms with van der Waals surface area (Å²) < 4.78 is 0. The van der Waals surface area contributed by atoms with E-state index in [-0.39, 0.29) is 5.69 Å². The van der Waals surface area contributed by atoms with E-state index >= 15 is 0 Å². The number of aromatic carboxylic acids is 1. The Hall–Kier alpha value is -3.41. The molecular weight excluding hydrogens is 332 g/mol. The molecule has 1 aliphatic rings. The first-order chi connectivity index (χ1) is 12.5. The first-order valence-electron chi connectivity index (χ1n) is 8.21. The number of fused-ring (bicyclic) bond motifs is 2. The third kappa shape index (κ3) is 3.97. The zero-order valence-electron chi connectivity index (χ0n) is 13.9. The summed E-state index contributed by atoms with van der Waals surface area (Å²) in [5.74, 6) is -1.76. The minimum atomic E-state index is -0.995. The van der Waals surface area contributed by atoms with Gasteiger partial charge < -0.3 is 15.5 Å². The van der Waals surface area contributed by atoms with E-state index in [1.165, 1.54) is 11.6 Å². The average Bonchev–Trinajstić information content (AvgIpc) is 2.67. The van der Waals surface area contributed by atoms with E-state index in [4.69, 9.17) is 10.2 Å². The van der Waals surface area contributed by atoms with Crippen molar-refractivity contribution in [3.05, 3.63) is 71.9 Å². The Morgan fingerprint density at radius 1 is 0.962 bits per heavy atom. The molecule has 4 rings (SSSR count). The lowest BCUT2D eigenvalue weighted by Gasteiger charge is -2.23. The molecule has 0 fully saturated rings. The lowest BCUT2D eigenvalue weighted by molar-refractivity contribution is -0.138. The number of hydrogen-bond acceptors (Lipinski definition) is 4. The van der Waals surface area contributed by atoms with E-state index in [9.17, 15) is 9.59 Å². The molecule has 2 aromatic carbocycles. The summed E-state index contributed by atoms with van der Waals surface area (Å²) in [6.45, 7) is 0. The number of hydrogen-bond donors (Lipinski definition) is 3. The van der Waals surface area contributed by atoms with E-state index in [2.05, 4.69) is 10.3 Å². The molecule has 3 aromatic rings. The van der Waals surface area contributed by atoms with Crippen LogP contribution in [-0.2, 0) is 11.2 Å². The van der Waals surface area contributed by atoms with Crippen molar-refractivity contribution in [2.75, 3.05) is 5.32 Å². The second-order valence-electron chi connectivity index (χ2n) is 5.93. The van der Waals surface area contributed by atoms with E-state index in [1.807, 2.05) is 42.5 Å². The second-order valence-corrected chi connectivity index (χ2v) is 5.93. The SMILES string of the molecule is O=C(O)C1CCc2ccccc2N1.O=C(O)c1ccc2ccccc2n1. The fourth-order valence-electron chi connectivity index (χ4n) is 2.81. The molecule has 1 atom stereocenters. The van der Waals surface area contributed by atoms with E-state index < -0.39 is 18.0 Å². The highest BCUT2D eigenvalue weighted by atomic mass is 16.4. The molecule has 0 bridgehead atoms. The minimum absolute atomic E-state index is 0.0821. The van der Waals surface area contributed by atoms with Crippen molar-refractivity contribution in [1.82, 2.24) is 4.98 Å². The summed E-state index contributed by atoms with van der Waals surface area (Å²) in [5, 5.41) is 21.4. The molecule has 1 aliphatic heterocycles.